The fourth-order valence-electron chi connectivity index (χ4n) is 3.60. The van der Waals surface area contributed by atoms with Gasteiger partial charge in [-0.3, -0.25) is 0 Å². The Bertz CT molecular complexity index is 1160. The molecule has 0 amide bonds. The van der Waals surface area contributed by atoms with E-state index in [-0.39, 0.29) is 23.3 Å². The molecule has 4 bridgehead atoms. The van der Waals surface area contributed by atoms with Gasteiger partial charge in [0.2, 0.25) is 11.9 Å². The average Bonchev–Trinajstić information content (AvgIpc) is 2.84. The molecule has 10 heteroatoms. The standard InChI is InChI=1S/C25H29N5O5/c1-2-33-25-29-23-26-16-17-9-5-6-10-20(17)34-13-7-3-4-8-14-35-21-15-18(27-24(28-23)30-25)11-12-19(21)22(31)32/h5-6,9-12,15H,2-4,7-8,13-14,16H2,1H3,(H,31,32)(H2,26,27,28,29,30). The number of benzene rings is 2. The number of nitrogens with zero attached hydrogens (tertiary/aromatic N) is 3. The highest BCUT2D eigenvalue weighted by atomic mass is 16.5. The minimum Gasteiger partial charge on any atom is -0.493 e. The number of carbonyl (C=O) groups is 1. The molecule has 3 N–H and O–H groups in total. The van der Waals surface area contributed by atoms with Gasteiger partial charge < -0.3 is 30.0 Å². The molecule has 1 aliphatic heterocycles. The van der Waals surface area contributed by atoms with Crippen molar-refractivity contribution in [2.24, 2.45) is 0 Å². The van der Waals surface area contributed by atoms with Crippen molar-refractivity contribution in [3.8, 4) is 17.5 Å². The van der Waals surface area contributed by atoms with Crippen LogP contribution in [-0.4, -0.2) is 45.8 Å². The largest absolute Gasteiger partial charge is 0.493 e. The second-order valence-electron chi connectivity index (χ2n) is 7.91. The molecule has 35 heavy (non-hydrogen) atoms. The summed E-state index contributed by atoms with van der Waals surface area (Å²) in [5, 5.41) is 15.9. The second kappa shape index (κ2) is 11.9. The van der Waals surface area contributed by atoms with E-state index < -0.39 is 5.97 Å². The monoisotopic (exact) mass is 479 g/mol. The van der Waals surface area contributed by atoms with Crippen LogP contribution in [-0.2, 0) is 6.54 Å². The first-order valence-corrected chi connectivity index (χ1v) is 11.7. The molecule has 2 heterocycles. The molecule has 0 fully saturated rings. The third kappa shape index (κ3) is 6.72. The van der Waals surface area contributed by atoms with Crippen LogP contribution in [0.2, 0.25) is 0 Å². The Morgan fingerprint density at radius 1 is 0.971 bits per heavy atom. The number of para-hydroxylation sites is 1. The number of anilines is 3. The van der Waals surface area contributed by atoms with Crippen LogP contribution < -0.4 is 24.8 Å². The fourth-order valence-corrected chi connectivity index (χ4v) is 3.60. The van der Waals surface area contributed by atoms with Gasteiger partial charge in [0.15, 0.2) is 0 Å². The van der Waals surface area contributed by atoms with Gasteiger partial charge in [0.05, 0.1) is 19.8 Å². The molecule has 1 aliphatic rings. The van der Waals surface area contributed by atoms with Gasteiger partial charge in [0.25, 0.3) is 0 Å². The van der Waals surface area contributed by atoms with E-state index in [0.717, 1.165) is 37.0 Å². The van der Waals surface area contributed by atoms with Crippen LogP contribution in [0.1, 0.15) is 48.5 Å². The van der Waals surface area contributed by atoms with E-state index >= 15 is 0 Å². The summed E-state index contributed by atoms with van der Waals surface area (Å²) in [5.74, 6) is 0.638. The average molecular weight is 480 g/mol. The zero-order chi connectivity index (χ0) is 24.5. The van der Waals surface area contributed by atoms with Gasteiger partial charge in [0, 0.05) is 23.9 Å². The molecule has 4 rings (SSSR count). The summed E-state index contributed by atoms with van der Waals surface area (Å²) in [6.45, 7) is 3.72. The molecule has 184 valence electrons. The number of fused-ring (bicyclic) bond motifs is 5. The molecule has 0 saturated heterocycles. The van der Waals surface area contributed by atoms with Crippen molar-refractivity contribution in [3.63, 3.8) is 0 Å². The van der Waals surface area contributed by atoms with Gasteiger partial charge in [-0.15, -0.1) is 0 Å². The number of aromatic carboxylic acids is 1. The summed E-state index contributed by atoms with van der Waals surface area (Å²) in [5.41, 5.74) is 1.67. The lowest BCUT2D eigenvalue weighted by atomic mass is 10.1. The molecule has 2 aromatic carbocycles. The molecule has 0 saturated carbocycles. The fraction of sp³-hybridized carbons (Fsp3) is 0.360. The summed E-state index contributed by atoms with van der Waals surface area (Å²) in [4.78, 5) is 24.8. The Morgan fingerprint density at radius 3 is 2.49 bits per heavy atom. The van der Waals surface area contributed by atoms with Crippen LogP contribution in [0.3, 0.4) is 0 Å². The first-order valence-electron chi connectivity index (χ1n) is 11.7. The highest BCUT2D eigenvalue weighted by molar-refractivity contribution is 5.91. The molecule has 3 aromatic rings. The lowest BCUT2D eigenvalue weighted by Gasteiger charge is -2.13. The van der Waals surface area contributed by atoms with E-state index in [0.29, 0.717) is 38.0 Å². The molecule has 0 aliphatic carbocycles. The normalized spacial score (nSPS) is 14.3. The van der Waals surface area contributed by atoms with Gasteiger partial charge in [-0.05, 0) is 50.8 Å². The van der Waals surface area contributed by atoms with Crippen molar-refractivity contribution in [3.05, 3.63) is 53.6 Å². The maximum atomic E-state index is 11.7. The van der Waals surface area contributed by atoms with Crippen molar-refractivity contribution in [2.75, 3.05) is 30.5 Å². The van der Waals surface area contributed by atoms with E-state index in [4.69, 9.17) is 14.2 Å². The molecule has 0 radical (unpaired) electrons. The van der Waals surface area contributed by atoms with Crippen molar-refractivity contribution >= 4 is 23.6 Å². The quantitative estimate of drug-likeness (QED) is 0.488. The van der Waals surface area contributed by atoms with E-state index in [1.807, 2.05) is 31.2 Å². The lowest BCUT2D eigenvalue weighted by molar-refractivity contribution is 0.0692. The highest BCUT2D eigenvalue weighted by Gasteiger charge is 2.14. The van der Waals surface area contributed by atoms with Crippen LogP contribution in [0.5, 0.6) is 17.5 Å². The first kappa shape index (κ1) is 24.1. The zero-order valence-electron chi connectivity index (χ0n) is 19.6. The summed E-state index contributed by atoms with van der Waals surface area (Å²) in [6, 6.07) is 12.8. The van der Waals surface area contributed by atoms with E-state index in [1.54, 1.807) is 12.1 Å². The maximum Gasteiger partial charge on any atom is 0.339 e. The Kier molecular flexibility index (Phi) is 8.16. The van der Waals surface area contributed by atoms with Crippen molar-refractivity contribution in [1.29, 1.82) is 0 Å². The number of carboxylic acids is 1. The number of hydrogen-bond donors (Lipinski definition) is 3. The van der Waals surface area contributed by atoms with Gasteiger partial charge in [0.1, 0.15) is 17.1 Å². The molecule has 10 nitrogen and oxygen atoms in total. The predicted octanol–water partition coefficient (Wildman–Crippen LogP) is 4.66. The second-order valence-corrected chi connectivity index (χ2v) is 7.91. The Balaban J connectivity index is 1.65. The van der Waals surface area contributed by atoms with Crippen molar-refractivity contribution < 1.29 is 24.1 Å². The molecule has 1 aromatic heterocycles. The summed E-state index contributed by atoms with van der Waals surface area (Å²) in [7, 11) is 0. The van der Waals surface area contributed by atoms with Crippen LogP contribution in [0, 0.1) is 0 Å². The Hall–Kier alpha value is -4.08. The molecule has 0 unspecified atom stereocenters. The topological polar surface area (TPSA) is 128 Å². The van der Waals surface area contributed by atoms with E-state index in [9.17, 15) is 9.90 Å². The number of hydrogen-bond acceptors (Lipinski definition) is 9. The predicted molar refractivity (Wildman–Crippen MR) is 131 cm³/mol. The third-order valence-electron chi connectivity index (χ3n) is 5.32. The number of aromatic nitrogens is 3. The zero-order valence-corrected chi connectivity index (χ0v) is 19.6. The van der Waals surface area contributed by atoms with Crippen LogP contribution in [0.15, 0.2) is 42.5 Å². The van der Waals surface area contributed by atoms with Gasteiger partial charge in [-0.25, -0.2) is 4.79 Å². The van der Waals surface area contributed by atoms with Gasteiger partial charge in [-0.1, -0.05) is 18.2 Å². The minimum atomic E-state index is -1.05. The maximum absolute atomic E-state index is 11.7. The third-order valence-corrected chi connectivity index (χ3v) is 5.32. The number of rotatable bonds is 3. The summed E-state index contributed by atoms with van der Waals surface area (Å²) >= 11 is 0. The van der Waals surface area contributed by atoms with Crippen molar-refractivity contribution in [2.45, 2.75) is 39.2 Å². The smallest absolute Gasteiger partial charge is 0.339 e. The molecule has 0 atom stereocenters. The van der Waals surface area contributed by atoms with Crippen LogP contribution >= 0.6 is 0 Å². The van der Waals surface area contributed by atoms with Crippen molar-refractivity contribution in [1.82, 2.24) is 15.0 Å². The summed E-state index contributed by atoms with van der Waals surface area (Å²) < 4.78 is 17.4. The Labute approximate surface area is 203 Å². The summed E-state index contributed by atoms with van der Waals surface area (Å²) in [6.07, 6.45) is 3.67. The number of nitrogens with one attached hydrogen (secondary N) is 2. The first-order chi connectivity index (χ1) is 17.1. The highest BCUT2D eigenvalue weighted by Crippen LogP contribution is 2.27. The number of carboxylic acid groups (broad SMARTS) is 1. The Morgan fingerprint density at radius 2 is 1.71 bits per heavy atom. The molecular weight excluding hydrogens is 450 g/mol. The molecular formula is C25H29N5O5. The van der Waals surface area contributed by atoms with Crippen LogP contribution in [0.4, 0.5) is 17.6 Å². The SMILES string of the molecule is CCOc1nc2nc(n1)Nc1ccc(C(=O)O)c(c1)OCCCCCCOc1ccccc1CN2. The van der Waals surface area contributed by atoms with Gasteiger partial charge in [-0.2, -0.15) is 15.0 Å². The van der Waals surface area contributed by atoms with E-state index in [2.05, 4.69) is 25.6 Å². The van der Waals surface area contributed by atoms with E-state index in [1.165, 1.54) is 6.07 Å². The minimum absolute atomic E-state index is 0.0978. The lowest BCUT2D eigenvalue weighted by Crippen LogP contribution is -2.10. The number of ether oxygens (including phenoxy) is 3. The van der Waals surface area contributed by atoms with Crippen LogP contribution in [0.25, 0.3) is 0 Å². The van der Waals surface area contributed by atoms with Gasteiger partial charge >= 0.3 is 12.0 Å². The molecule has 0 spiro atoms.